The highest BCUT2D eigenvalue weighted by Crippen LogP contribution is 2.36. The quantitative estimate of drug-likeness (QED) is 0.870. The van der Waals surface area contributed by atoms with Crippen molar-refractivity contribution in [3.05, 3.63) is 29.1 Å². The average Bonchev–Trinajstić information content (AvgIpc) is 2.62. The summed E-state index contributed by atoms with van der Waals surface area (Å²) < 4.78 is 13.6. The minimum absolute atomic E-state index is 0.242. The minimum atomic E-state index is -0.640. The van der Waals surface area contributed by atoms with Crippen LogP contribution in [-0.4, -0.2) is 18.2 Å². The number of anilines is 1. The van der Waals surface area contributed by atoms with Crippen LogP contribution in [0.2, 0.25) is 0 Å². The van der Waals surface area contributed by atoms with Gasteiger partial charge >= 0.3 is 0 Å². The van der Waals surface area contributed by atoms with E-state index in [2.05, 4.69) is 18.7 Å². The largest absolute Gasteiger partial charge is 0.389 e. The molecule has 2 rings (SSSR count). The number of nitrogens with zero attached hydrogens (tertiary/aromatic N) is 1. The Morgan fingerprint density at radius 2 is 2.06 bits per heavy atom. The van der Waals surface area contributed by atoms with Crippen molar-refractivity contribution in [2.75, 3.05) is 18.0 Å². The van der Waals surface area contributed by atoms with Crippen molar-refractivity contribution in [3.63, 3.8) is 0 Å². The zero-order chi connectivity index (χ0) is 13.5. The summed E-state index contributed by atoms with van der Waals surface area (Å²) in [5, 5.41) is 9.82. The Hall–Kier alpha value is -1.09. The number of hydrogen-bond acceptors (Lipinski definition) is 2. The summed E-state index contributed by atoms with van der Waals surface area (Å²) in [6.45, 7) is 9.87. The molecule has 0 bridgehead atoms. The van der Waals surface area contributed by atoms with Crippen LogP contribution < -0.4 is 4.90 Å². The average molecular weight is 251 g/mol. The summed E-state index contributed by atoms with van der Waals surface area (Å²) in [5.41, 5.74) is 2.60. The Bertz CT molecular complexity index is 454. The Kier molecular flexibility index (Phi) is 3.37. The molecule has 0 aliphatic carbocycles. The number of aliphatic hydroxyl groups is 1. The lowest BCUT2D eigenvalue weighted by molar-refractivity contribution is 0.199. The monoisotopic (exact) mass is 251 g/mol. The summed E-state index contributed by atoms with van der Waals surface area (Å²) in [7, 11) is 0. The van der Waals surface area contributed by atoms with Crippen molar-refractivity contribution in [1.82, 2.24) is 0 Å². The van der Waals surface area contributed by atoms with Gasteiger partial charge in [-0.3, -0.25) is 0 Å². The zero-order valence-electron chi connectivity index (χ0n) is 11.6. The SMILES string of the molecule is Cc1cc(N2CCC(C)(C)C2)c(C(C)O)cc1F. The van der Waals surface area contributed by atoms with Gasteiger partial charge in [-0.2, -0.15) is 0 Å². The highest BCUT2D eigenvalue weighted by Gasteiger charge is 2.31. The fourth-order valence-electron chi connectivity index (χ4n) is 2.61. The summed E-state index contributed by atoms with van der Waals surface area (Å²) in [5.74, 6) is -0.242. The first-order valence-corrected chi connectivity index (χ1v) is 6.53. The van der Waals surface area contributed by atoms with Crippen molar-refractivity contribution >= 4 is 5.69 Å². The van der Waals surface area contributed by atoms with E-state index in [1.54, 1.807) is 13.8 Å². The van der Waals surface area contributed by atoms with Gasteiger partial charge < -0.3 is 10.0 Å². The van der Waals surface area contributed by atoms with Crippen molar-refractivity contribution in [1.29, 1.82) is 0 Å². The van der Waals surface area contributed by atoms with Gasteiger partial charge in [-0.25, -0.2) is 4.39 Å². The third-order valence-electron chi connectivity index (χ3n) is 3.78. The van der Waals surface area contributed by atoms with Gasteiger partial charge in [0, 0.05) is 24.3 Å². The molecule has 1 atom stereocenters. The van der Waals surface area contributed by atoms with E-state index in [-0.39, 0.29) is 11.2 Å². The number of benzene rings is 1. The topological polar surface area (TPSA) is 23.5 Å². The molecule has 1 aromatic rings. The maximum Gasteiger partial charge on any atom is 0.126 e. The van der Waals surface area contributed by atoms with Crippen LogP contribution in [0.3, 0.4) is 0 Å². The van der Waals surface area contributed by atoms with Gasteiger partial charge in [-0.15, -0.1) is 0 Å². The van der Waals surface area contributed by atoms with E-state index in [9.17, 15) is 9.50 Å². The molecular weight excluding hydrogens is 229 g/mol. The van der Waals surface area contributed by atoms with E-state index in [0.29, 0.717) is 11.1 Å². The number of aryl methyl sites for hydroxylation is 1. The molecule has 1 fully saturated rings. The molecule has 1 aliphatic heterocycles. The van der Waals surface area contributed by atoms with Crippen LogP contribution in [-0.2, 0) is 0 Å². The molecule has 0 aromatic heterocycles. The van der Waals surface area contributed by atoms with Crippen LogP contribution in [0.4, 0.5) is 10.1 Å². The predicted molar refractivity (Wildman–Crippen MR) is 72.4 cm³/mol. The Labute approximate surface area is 108 Å². The van der Waals surface area contributed by atoms with E-state index in [1.165, 1.54) is 6.07 Å². The Morgan fingerprint density at radius 3 is 2.56 bits per heavy atom. The second kappa shape index (κ2) is 4.54. The van der Waals surface area contributed by atoms with Crippen LogP contribution in [0.15, 0.2) is 12.1 Å². The van der Waals surface area contributed by atoms with Crippen LogP contribution in [0, 0.1) is 18.2 Å². The van der Waals surface area contributed by atoms with E-state index in [4.69, 9.17) is 0 Å². The predicted octanol–water partition coefficient (Wildman–Crippen LogP) is 3.42. The highest BCUT2D eigenvalue weighted by atomic mass is 19.1. The molecule has 0 amide bonds. The lowest BCUT2D eigenvalue weighted by atomic mass is 9.93. The van der Waals surface area contributed by atoms with Gasteiger partial charge in [-0.05, 0) is 43.4 Å². The van der Waals surface area contributed by atoms with E-state index in [0.717, 1.165) is 25.2 Å². The molecule has 100 valence electrons. The molecular formula is C15H22FNO. The lowest BCUT2D eigenvalue weighted by Crippen LogP contribution is -2.24. The van der Waals surface area contributed by atoms with Gasteiger partial charge in [0.25, 0.3) is 0 Å². The first kappa shape index (κ1) is 13.3. The summed E-state index contributed by atoms with van der Waals surface area (Å²) in [6, 6.07) is 3.33. The molecule has 1 N–H and O–H groups in total. The zero-order valence-corrected chi connectivity index (χ0v) is 11.6. The molecule has 1 aromatic carbocycles. The molecule has 1 aliphatic rings. The van der Waals surface area contributed by atoms with E-state index >= 15 is 0 Å². The van der Waals surface area contributed by atoms with Crippen LogP contribution in [0.5, 0.6) is 0 Å². The number of hydrogen-bond donors (Lipinski definition) is 1. The second-order valence-electron chi connectivity index (χ2n) is 6.17. The Balaban J connectivity index is 2.41. The number of halogens is 1. The highest BCUT2D eigenvalue weighted by molar-refractivity contribution is 5.57. The molecule has 1 heterocycles. The minimum Gasteiger partial charge on any atom is -0.389 e. The van der Waals surface area contributed by atoms with Gasteiger partial charge in [-0.1, -0.05) is 13.8 Å². The smallest absolute Gasteiger partial charge is 0.126 e. The van der Waals surface area contributed by atoms with Crippen LogP contribution in [0.25, 0.3) is 0 Å². The standard InChI is InChI=1S/C15H22FNO/c1-10-7-14(12(11(2)18)8-13(10)16)17-6-5-15(3,4)9-17/h7-8,11,18H,5-6,9H2,1-4H3. The normalized spacial score (nSPS) is 20.2. The molecule has 2 nitrogen and oxygen atoms in total. The van der Waals surface area contributed by atoms with Gasteiger partial charge in [0.1, 0.15) is 5.82 Å². The lowest BCUT2D eigenvalue weighted by Gasteiger charge is -2.25. The molecule has 0 radical (unpaired) electrons. The van der Waals surface area contributed by atoms with Crippen molar-refractivity contribution in [3.8, 4) is 0 Å². The summed E-state index contributed by atoms with van der Waals surface area (Å²) in [4.78, 5) is 2.26. The molecule has 3 heteroatoms. The molecule has 0 spiro atoms. The number of rotatable bonds is 2. The van der Waals surface area contributed by atoms with Gasteiger partial charge in [0.2, 0.25) is 0 Å². The molecule has 0 saturated carbocycles. The van der Waals surface area contributed by atoms with Crippen molar-refractivity contribution in [2.24, 2.45) is 5.41 Å². The maximum absolute atomic E-state index is 13.6. The first-order chi connectivity index (χ1) is 8.30. The third kappa shape index (κ3) is 2.51. The van der Waals surface area contributed by atoms with Crippen molar-refractivity contribution < 1.29 is 9.50 Å². The summed E-state index contributed by atoms with van der Waals surface area (Å²) >= 11 is 0. The molecule has 1 saturated heterocycles. The molecule has 1 unspecified atom stereocenters. The van der Waals surface area contributed by atoms with Gasteiger partial charge in [0.05, 0.1) is 6.10 Å². The third-order valence-corrected chi connectivity index (χ3v) is 3.78. The second-order valence-corrected chi connectivity index (χ2v) is 6.17. The molecule has 18 heavy (non-hydrogen) atoms. The fraction of sp³-hybridized carbons (Fsp3) is 0.600. The first-order valence-electron chi connectivity index (χ1n) is 6.53. The number of aliphatic hydroxyl groups excluding tert-OH is 1. The van der Waals surface area contributed by atoms with Crippen molar-refractivity contribution in [2.45, 2.75) is 40.2 Å². The summed E-state index contributed by atoms with van der Waals surface area (Å²) in [6.07, 6.45) is 0.488. The van der Waals surface area contributed by atoms with Gasteiger partial charge in [0.15, 0.2) is 0 Å². The van der Waals surface area contributed by atoms with E-state index < -0.39 is 6.10 Å². The van der Waals surface area contributed by atoms with Crippen LogP contribution >= 0.6 is 0 Å². The maximum atomic E-state index is 13.6. The fourth-order valence-corrected chi connectivity index (χ4v) is 2.61. The van der Waals surface area contributed by atoms with E-state index in [1.807, 2.05) is 6.07 Å². The Morgan fingerprint density at radius 1 is 1.39 bits per heavy atom. The van der Waals surface area contributed by atoms with Crippen LogP contribution in [0.1, 0.15) is 44.4 Å².